The molecule has 6 nitrogen and oxygen atoms in total. The Hall–Kier alpha value is -3.36. The van der Waals surface area contributed by atoms with Crippen molar-refractivity contribution in [3.63, 3.8) is 0 Å². The smallest absolute Gasteiger partial charge is 0.247 e. The molecule has 1 atom stereocenters. The zero-order valence-corrected chi connectivity index (χ0v) is 19.0. The van der Waals surface area contributed by atoms with Crippen LogP contribution < -0.4 is 14.8 Å². The third-order valence-electron chi connectivity index (χ3n) is 5.12. The van der Waals surface area contributed by atoms with E-state index in [9.17, 15) is 4.39 Å². The molecule has 4 aromatic rings. The van der Waals surface area contributed by atoms with Gasteiger partial charge in [0.05, 0.1) is 12.7 Å². The molecule has 0 saturated heterocycles. The van der Waals surface area contributed by atoms with Crippen LogP contribution in [-0.2, 0) is 5.75 Å². The zero-order valence-electron chi connectivity index (χ0n) is 17.5. The van der Waals surface area contributed by atoms with Crippen LogP contribution in [0.2, 0.25) is 5.02 Å². The van der Waals surface area contributed by atoms with Crippen molar-refractivity contribution in [3.05, 3.63) is 88.7 Å². The van der Waals surface area contributed by atoms with Crippen LogP contribution in [0.5, 0.6) is 11.6 Å². The van der Waals surface area contributed by atoms with Crippen LogP contribution in [0.4, 0.5) is 10.1 Å². The van der Waals surface area contributed by atoms with E-state index in [-0.39, 0.29) is 5.82 Å². The fraction of sp³-hybridized carbons (Fsp3) is 0.125. The Morgan fingerprint density at radius 3 is 2.76 bits per heavy atom. The van der Waals surface area contributed by atoms with Crippen molar-refractivity contribution >= 4 is 29.1 Å². The average Bonchev–Trinajstić information content (AvgIpc) is 3.00. The zero-order chi connectivity index (χ0) is 22.8. The van der Waals surface area contributed by atoms with E-state index in [2.05, 4.69) is 20.5 Å². The van der Waals surface area contributed by atoms with Gasteiger partial charge < -0.3 is 14.8 Å². The molecule has 0 aliphatic carbocycles. The van der Waals surface area contributed by atoms with Crippen LogP contribution in [0.15, 0.2) is 71.9 Å². The molecular weight excluding hydrogens is 463 g/mol. The minimum atomic E-state index is -0.637. The van der Waals surface area contributed by atoms with Gasteiger partial charge in [-0.05, 0) is 35.9 Å². The predicted octanol–water partition coefficient (Wildman–Crippen LogP) is 6.14. The summed E-state index contributed by atoms with van der Waals surface area (Å²) in [4.78, 5) is 4.60. The van der Waals surface area contributed by atoms with Gasteiger partial charge in [-0.1, -0.05) is 59.8 Å². The number of nitrogens with zero attached hydrogens (tertiary/aromatic N) is 3. The summed E-state index contributed by atoms with van der Waals surface area (Å²) >= 11 is 7.55. The second kappa shape index (κ2) is 9.25. The largest absolute Gasteiger partial charge is 0.496 e. The summed E-state index contributed by atoms with van der Waals surface area (Å²) in [5, 5.41) is 13.0. The van der Waals surface area contributed by atoms with Crippen LogP contribution in [0, 0.1) is 5.82 Å². The summed E-state index contributed by atoms with van der Waals surface area (Å²) < 4.78 is 25.8. The van der Waals surface area contributed by atoms with Crippen molar-refractivity contribution in [2.24, 2.45) is 0 Å². The Morgan fingerprint density at radius 1 is 1.09 bits per heavy atom. The Labute approximate surface area is 199 Å². The molecule has 166 valence electrons. The van der Waals surface area contributed by atoms with E-state index in [1.54, 1.807) is 43.5 Å². The standard InChI is InChI=1S/C24H18ClFN4O2S/c1-31-20-11-10-15(25)12-17(20)22-27-19-9-5-3-7-16(19)21-23(32-22)28-24(30-29-21)33-13-14-6-2-4-8-18(14)26/h2-12,22,27H,13H2,1H3. The first-order valence-corrected chi connectivity index (χ1v) is 11.5. The Morgan fingerprint density at radius 2 is 1.91 bits per heavy atom. The fourth-order valence-electron chi connectivity index (χ4n) is 3.52. The minimum absolute atomic E-state index is 0.268. The summed E-state index contributed by atoms with van der Waals surface area (Å²) in [7, 11) is 1.59. The maximum absolute atomic E-state index is 14.0. The quantitative estimate of drug-likeness (QED) is 0.344. The molecule has 33 heavy (non-hydrogen) atoms. The molecule has 3 aromatic carbocycles. The molecule has 0 spiro atoms. The molecule has 0 saturated carbocycles. The number of halogens is 2. The van der Waals surface area contributed by atoms with E-state index < -0.39 is 6.23 Å². The number of para-hydroxylation sites is 1. The highest BCUT2D eigenvalue weighted by molar-refractivity contribution is 7.98. The lowest BCUT2D eigenvalue weighted by Crippen LogP contribution is -2.18. The summed E-state index contributed by atoms with van der Waals surface area (Å²) in [6, 6.07) is 19.6. The number of hydrogen-bond acceptors (Lipinski definition) is 7. The van der Waals surface area contributed by atoms with Crippen LogP contribution in [0.1, 0.15) is 17.4 Å². The lowest BCUT2D eigenvalue weighted by Gasteiger charge is -2.21. The van der Waals surface area contributed by atoms with Gasteiger partial charge in [-0.15, -0.1) is 10.2 Å². The SMILES string of the molecule is COc1ccc(Cl)cc1C1Nc2ccccc2-c2nnc(SCc3ccccc3F)nc2O1. The van der Waals surface area contributed by atoms with Crippen molar-refractivity contribution in [2.75, 3.05) is 12.4 Å². The van der Waals surface area contributed by atoms with Gasteiger partial charge >= 0.3 is 0 Å². The molecule has 1 aromatic heterocycles. The lowest BCUT2D eigenvalue weighted by atomic mass is 10.1. The van der Waals surface area contributed by atoms with Gasteiger partial charge in [-0.2, -0.15) is 4.98 Å². The van der Waals surface area contributed by atoms with Gasteiger partial charge in [0, 0.05) is 22.0 Å². The molecule has 5 rings (SSSR count). The second-order valence-corrected chi connectivity index (χ2v) is 8.58. The van der Waals surface area contributed by atoms with Crippen molar-refractivity contribution in [2.45, 2.75) is 17.1 Å². The average molecular weight is 481 g/mol. The number of ether oxygens (including phenoxy) is 2. The van der Waals surface area contributed by atoms with Crippen molar-refractivity contribution in [3.8, 4) is 22.9 Å². The molecule has 0 bridgehead atoms. The Bertz CT molecular complexity index is 1320. The number of nitrogens with one attached hydrogen (secondary N) is 1. The summed E-state index contributed by atoms with van der Waals surface area (Å²) in [5.41, 5.74) is 3.41. The van der Waals surface area contributed by atoms with Gasteiger partial charge in [0.25, 0.3) is 0 Å². The third-order valence-corrected chi connectivity index (χ3v) is 6.24. The Kier molecular flexibility index (Phi) is 6.02. The second-order valence-electron chi connectivity index (χ2n) is 7.20. The number of hydrogen-bond donors (Lipinski definition) is 1. The number of benzene rings is 3. The van der Waals surface area contributed by atoms with E-state index in [1.807, 2.05) is 24.3 Å². The first kappa shape index (κ1) is 21.5. The number of methoxy groups -OCH3 is 1. The van der Waals surface area contributed by atoms with E-state index in [1.165, 1.54) is 17.8 Å². The van der Waals surface area contributed by atoms with Gasteiger partial charge in [0.2, 0.25) is 17.3 Å². The maximum atomic E-state index is 14.0. The topological polar surface area (TPSA) is 69.2 Å². The maximum Gasteiger partial charge on any atom is 0.247 e. The number of anilines is 1. The molecule has 1 aliphatic heterocycles. The van der Waals surface area contributed by atoms with Gasteiger partial charge in [0.1, 0.15) is 11.6 Å². The molecule has 9 heteroatoms. The number of thioether (sulfide) groups is 1. The van der Waals surface area contributed by atoms with Crippen molar-refractivity contribution in [1.82, 2.24) is 15.2 Å². The number of fused-ring (bicyclic) bond motifs is 3. The molecule has 1 aliphatic rings. The van der Waals surface area contributed by atoms with Crippen LogP contribution in [0.3, 0.4) is 0 Å². The molecule has 0 fully saturated rings. The van der Waals surface area contributed by atoms with Crippen molar-refractivity contribution in [1.29, 1.82) is 0 Å². The van der Waals surface area contributed by atoms with Gasteiger partial charge in [-0.25, -0.2) is 4.39 Å². The molecular formula is C24H18ClFN4O2S. The lowest BCUT2D eigenvalue weighted by molar-refractivity contribution is 0.220. The van der Waals surface area contributed by atoms with E-state index in [4.69, 9.17) is 21.1 Å². The van der Waals surface area contributed by atoms with Crippen LogP contribution in [0.25, 0.3) is 11.3 Å². The highest BCUT2D eigenvalue weighted by Crippen LogP contribution is 2.41. The highest BCUT2D eigenvalue weighted by atomic mass is 35.5. The highest BCUT2D eigenvalue weighted by Gasteiger charge is 2.28. The van der Waals surface area contributed by atoms with E-state index in [0.29, 0.717) is 44.4 Å². The van der Waals surface area contributed by atoms with E-state index in [0.717, 1.165) is 11.3 Å². The Balaban J connectivity index is 1.53. The summed E-state index contributed by atoms with van der Waals surface area (Å²) in [6.45, 7) is 0. The van der Waals surface area contributed by atoms with Crippen LogP contribution >= 0.6 is 23.4 Å². The number of aromatic nitrogens is 3. The first-order chi connectivity index (χ1) is 16.1. The fourth-order valence-corrected chi connectivity index (χ4v) is 4.46. The summed E-state index contributed by atoms with van der Waals surface area (Å²) in [6.07, 6.45) is -0.637. The molecule has 0 amide bonds. The van der Waals surface area contributed by atoms with Crippen molar-refractivity contribution < 1.29 is 13.9 Å². The molecule has 1 N–H and O–H groups in total. The molecule has 0 radical (unpaired) electrons. The van der Waals surface area contributed by atoms with E-state index >= 15 is 0 Å². The monoisotopic (exact) mass is 480 g/mol. The minimum Gasteiger partial charge on any atom is -0.496 e. The van der Waals surface area contributed by atoms with Gasteiger partial charge in [0.15, 0.2) is 5.69 Å². The van der Waals surface area contributed by atoms with Gasteiger partial charge in [-0.3, -0.25) is 0 Å². The third kappa shape index (κ3) is 4.44. The molecule has 2 heterocycles. The normalized spacial score (nSPS) is 14.3. The predicted molar refractivity (Wildman–Crippen MR) is 126 cm³/mol. The number of rotatable bonds is 5. The summed E-state index contributed by atoms with van der Waals surface area (Å²) in [5.74, 6) is 1.03. The molecule has 1 unspecified atom stereocenters. The van der Waals surface area contributed by atoms with Crippen LogP contribution in [-0.4, -0.2) is 22.3 Å². The first-order valence-electron chi connectivity index (χ1n) is 10.1.